The summed E-state index contributed by atoms with van der Waals surface area (Å²) < 4.78 is 45.0. The number of ketones is 1. The Bertz CT molecular complexity index is 1320. The van der Waals surface area contributed by atoms with Gasteiger partial charge in [0.25, 0.3) is 0 Å². The number of sulfonamides is 1. The van der Waals surface area contributed by atoms with E-state index in [0.29, 0.717) is 48.8 Å². The van der Waals surface area contributed by atoms with E-state index in [-0.39, 0.29) is 41.6 Å². The van der Waals surface area contributed by atoms with Gasteiger partial charge in [0.2, 0.25) is 10.0 Å². The van der Waals surface area contributed by atoms with Gasteiger partial charge in [-0.1, -0.05) is 38.8 Å². The third kappa shape index (κ3) is 8.93. The highest BCUT2D eigenvalue weighted by Gasteiger charge is 2.31. The number of para-hydroxylation sites is 1. The van der Waals surface area contributed by atoms with Crippen LogP contribution in [0.1, 0.15) is 72.6 Å². The molecule has 0 aliphatic carbocycles. The smallest absolute Gasteiger partial charge is 0.408 e. The lowest BCUT2D eigenvalue weighted by Gasteiger charge is -2.28. The van der Waals surface area contributed by atoms with Gasteiger partial charge in [-0.05, 0) is 52.0 Å². The molecule has 2 aromatic rings. The van der Waals surface area contributed by atoms with Crippen LogP contribution in [0.3, 0.4) is 0 Å². The lowest BCUT2D eigenvalue weighted by atomic mass is 9.93. The second kappa shape index (κ2) is 14.2. The Labute approximate surface area is 242 Å². The minimum atomic E-state index is -3.93. The van der Waals surface area contributed by atoms with Gasteiger partial charge < -0.3 is 24.5 Å². The zero-order valence-corrected chi connectivity index (χ0v) is 25.4. The van der Waals surface area contributed by atoms with Gasteiger partial charge in [-0.3, -0.25) is 9.59 Å². The average Bonchev–Trinajstić information content (AvgIpc) is 3.37. The Morgan fingerprint density at radius 1 is 1.07 bits per heavy atom. The number of rotatable bonds is 7. The number of amides is 1. The molecule has 41 heavy (non-hydrogen) atoms. The number of carbonyl (C=O) groups excluding carboxylic acids is 3. The highest BCUT2D eigenvalue weighted by atomic mass is 32.2. The average molecular weight is 594 g/mol. The van der Waals surface area contributed by atoms with Crippen molar-refractivity contribution in [3.63, 3.8) is 0 Å². The number of fused-ring (bicyclic) bond motifs is 1. The van der Waals surface area contributed by atoms with E-state index in [0.717, 1.165) is 12.8 Å². The normalized spacial score (nSPS) is 22.0. The van der Waals surface area contributed by atoms with Crippen LogP contribution in [0, 0.1) is 11.8 Å². The number of methoxy groups -OCH3 is 1. The van der Waals surface area contributed by atoms with Gasteiger partial charge in [-0.15, -0.1) is 0 Å². The van der Waals surface area contributed by atoms with Crippen molar-refractivity contribution in [2.75, 3.05) is 20.3 Å². The largest absolute Gasteiger partial charge is 0.495 e. The van der Waals surface area contributed by atoms with Crippen LogP contribution < -0.4 is 14.8 Å². The molecule has 3 rings (SSSR count). The number of hydrogen-bond acceptors (Lipinski definition) is 8. The van der Waals surface area contributed by atoms with Crippen LogP contribution in [-0.4, -0.2) is 63.2 Å². The van der Waals surface area contributed by atoms with Crippen molar-refractivity contribution in [1.82, 2.24) is 15.0 Å². The second-order valence-corrected chi connectivity index (χ2v) is 13.2. The van der Waals surface area contributed by atoms with Gasteiger partial charge in [-0.2, -0.15) is 0 Å². The zero-order chi connectivity index (χ0) is 30.2. The first-order valence-electron chi connectivity index (χ1n) is 14.2. The molecule has 2 heterocycles. The van der Waals surface area contributed by atoms with Crippen LogP contribution in [0.15, 0.2) is 29.3 Å². The van der Waals surface area contributed by atoms with Crippen molar-refractivity contribution in [2.45, 2.75) is 89.2 Å². The number of aromatic amines is 1. The van der Waals surface area contributed by atoms with Crippen LogP contribution in [-0.2, 0) is 29.1 Å². The highest BCUT2D eigenvalue weighted by Crippen LogP contribution is 2.29. The maximum Gasteiger partial charge on any atom is 0.408 e. The summed E-state index contributed by atoms with van der Waals surface area (Å²) in [6.45, 7) is 7.10. The predicted octanol–water partition coefficient (Wildman–Crippen LogP) is 4.46. The van der Waals surface area contributed by atoms with Crippen molar-refractivity contribution < 1.29 is 37.0 Å². The molecule has 1 aliphatic rings. The molecule has 11 nitrogen and oxygen atoms in total. The molecule has 1 saturated heterocycles. The SMILES string of the molecule is COc1cccc2c(S(=O)(=O)NCC(C)(C)NC(=O)OC3CCCCCC(C)C(=O)OCCCC(C)C3=O)c[nH]c12. The molecule has 3 N–H and O–H groups in total. The molecular weight excluding hydrogens is 550 g/mol. The summed E-state index contributed by atoms with van der Waals surface area (Å²) >= 11 is 0. The Morgan fingerprint density at radius 2 is 1.78 bits per heavy atom. The zero-order valence-electron chi connectivity index (χ0n) is 24.6. The number of alkyl carbamates (subject to hydrolysis) is 1. The molecule has 228 valence electrons. The third-order valence-electron chi connectivity index (χ3n) is 7.38. The van der Waals surface area contributed by atoms with E-state index in [2.05, 4.69) is 15.0 Å². The van der Waals surface area contributed by atoms with E-state index in [1.54, 1.807) is 39.0 Å². The molecular formula is C29H43N3O8S. The maximum atomic E-state index is 13.2. The van der Waals surface area contributed by atoms with E-state index in [1.165, 1.54) is 13.3 Å². The number of esters is 1. The van der Waals surface area contributed by atoms with Crippen LogP contribution in [0.4, 0.5) is 4.79 Å². The van der Waals surface area contributed by atoms with Crippen LogP contribution in [0.25, 0.3) is 10.9 Å². The van der Waals surface area contributed by atoms with Crippen molar-refractivity contribution in [3.8, 4) is 5.75 Å². The number of ether oxygens (including phenoxy) is 3. The third-order valence-corrected chi connectivity index (χ3v) is 8.82. The first kappa shape index (κ1) is 32.4. The topological polar surface area (TPSA) is 153 Å². The molecule has 0 bridgehead atoms. The minimum absolute atomic E-state index is 0.0632. The Hall–Kier alpha value is -3.12. The number of H-pyrrole nitrogens is 1. The molecule has 12 heteroatoms. The summed E-state index contributed by atoms with van der Waals surface area (Å²) in [6, 6.07) is 5.12. The first-order valence-corrected chi connectivity index (χ1v) is 15.7. The Balaban J connectivity index is 1.61. The molecule has 1 aliphatic heterocycles. The number of hydrogen-bond donors (Lipinski definition) is 3. The quantitative estimate of drug-likeness (QED) is 0.398. The van der Waals surface area contributed by atoms with Gasteiger partial charge in [0.1, 0.15) is 10.6 Å². The number of Topliss-reactive ketones (excluding diaryl/α,β-unsaturated/α-hetero) is 1. The van der Waals surface area contributed by atoms with Gasteiger partial charge in [0.05, 0.1) is 30.7 Å². The van der Waals surface area contributed by atoms with Crippen LogP contribution >= 0.6 is 0 Å². The monoisotopic (exact) mass is 593 g/mol. The molecule has 1 aromatic carbocycles. The number of carbonyl (C=O) groups is 3. The Morgan fingerprint density at radius 3 is 2.51 bits per heavy atom. The van der Waals surface area contributed by atoms with Crippen LogP contribution in [0.2, 0.25) is 0 Å². The predicted molar refractivity (Wildman–Crippen MR) is 154 cm³/mol. The number of aromatic nitrogens is 1. The van der Waals surface area contributed by atoms with Crippen molar-refractivity contribution in [1.29, 1.82) is 0 Å². The van der Waals surface area contributed by atoms with Crippen molar-refractivity contribution in [3.05, 3.63) is 24.4 Å². The lowest BCUT2D eigenvalue weighted by molar-refractivity contribution is -0.148. The van der Waals surface area contributed by atoms with E-state index in [1.807, 2.05) is 6.92 Å². The van der Waals surface area contributed by atoms with E-state index < -0.39 is 27.8 Å². The fourth-order valence-electron chi connectivity index (χ4n) is 4.82. The number of benzene rings is 1. The molecule has 1 fully saturated rings. The number of nitrogens with one attached hydrogen (secondary N) is 3. The number of cyclic esters (lactones) is 1. The van der Waals surface area contributed by atoms with Gasteiger partial charge in [0.15, 0.2) is 11.9 Å². The maximum absolute atomic E-state index is 13.2. The summed E-state index contributed by atoms with van der Waals surface area (Å²) in [5, 5.41) is 3.18. The standard InChI is InChI=1S/C29H43N3O8S/c1-19-12-10-16-39-27(34)20(2)11-7-6-8-14-23(26(19)33)40-28(35)32-29(3,4)18-31-41(36,37)24-17-30-25-21(24)13-9-15-22(25)38-5/h9,13,15,17,19-20,23,30-31H,6-8,10-12,14,16,18H2,1-5H3,(H,32,35). The summed E-state index contributed by atoms with van der Waals surface area (Å²) in [5.41, 5.74) is -0.460. The molecule has 3 atom stereocenters. The van der Waals surface area contributed by atoms with E-state index in [9.17, 15) is 22.8 Å². The summed E-state index contributed by atoms with van der Waals surface area (Å²) in [7, 11) is -2.42. The van der Waals surface area contributed by atoms with E-state index in [4.69, 9.17) is 14.2 Å². The van der Waals surface area contributed by atoms with Gasteiger partial charge in [0, 0.05) is 24.0 Å². The summed E-state index contributed by atoms with van der Waals surface area (Å²) in [4.78, 5) is 41.1. The Kier molecular flexibility index (Phi) is 11.2. The fraction of sp³-hybridized carbons (Fsp3) is 0.621. The van der Waals surface area contributed by atoms with Gasteiger partial charge in [-0.25, -0.2) is 17.9 Å². The lowest BCUT2D eigenvalue weighted by Crippen LogP contribution is -2.52. The summed E-state index contributed by atoms with van der Waals surface area (Å²) in [6.07, 6.45) is 4.07. The van der Waals surface area contributed by atoms with E-state index >= 15 is 0 Å². The molecule has 1 amide bonds. The van der Waals surface area contributed by atoms with Gasteiger partial charge >= 0.3 is 12.1 Å². The minimum Gasteiger partial charge on any atom is -0.495 e. The fourth-order valence-corrected chi connectivity index (χ4v) is 6.20. The molecule has 0 spiro atoms. The van der Waals surface area contributed by atoms with Crippen molar-refractivity contribution in [2.24, 2.45) is 11.8 Å². The second-order valence-electron chi connectivity index (χ2n) is 11.4. The molecule has 0 saturated carbocycles. The van der Waals surface area contributed by atoms with Crippen molar-refractivity contribution >= 4 is 38.8 Å². The molecule has 3 unspecified atom stereocenters. The molecule has 1 aromatic heterocycles. The highest BCUT2D eigenvalue weighted by molar-refractivity contribution is 7.89. The van der Waals surface area contributed by atoms with Crippen LogP contribution in [0.5, 0.6) is 5.75 Å². The molecule has 0 radical (unpaired) electrons. The first-order chi connectivity index (χ1) is 19.3. The summed E-state index contributed by atoms with van der Waals surface area (Å²) in [5.74, 6) is -0.404.